The molecule has 2 aliphatic carbocycles. The molecule has 1 saturated heterocycles. The predicted molar refractivity (Wildman–Crippen MR) is 128 cm³/mol. The van der Waals surface area contributed by atoms with Gasteiger partial charge in [0.15, 0.2) is 0 Å². The molecule has 2 aromatic carbocycles. The molecule has 5 rings (SSSR count). The van der Waals surface area contributed by atoms with Crippen molar-refractivity contribution in [1.29, 1.82) is 0 Å². The summed E-state index contributed by atoms with van der Waals surface area (Å²) in [5, 5.41) is 15.3. The largest absolute Gasteiger partial charge is 0.481 e. The van der Waals surface area contributed by atoms with Crippen molar-refractivity contribution in [2.45, 2.75) is 43.6 Å². The van der Waals surface area contributed by atoms with Gasteiger partial charge >= 0.3 is 12.1 Å². The van der Waals surface area contributed by atoms with Crippen molar-refractivity contribution in [1.82, 2.24) is 10.6 Å². The van der Waals surface area contributed by atoms with Crippen LogP contribution in [0, 0.1) is 5.41 Å². The van der Waals surface area contributed by atoms with Crippen LogP contribution in [0.1, 0.15) is 49.1 Å². The Kier molecular flexibility index (Phi) is 6.23. The van der Waals surface area contributed by atoms with E-state index in [1.54, 1.807) is 0 Å². The lowest BCUT2D eigenvalue weighted by molar-refractivity contribution is -0.155. The monoisotopic (exact) mass is 478 g/mol. The van der Waals surface area contributed by atoms with Gasteiger partial charge in [-0.25, -0.2) is 4.79 Å². The van der Waals surface area contributed by atoms with Crippen LogP contribution >= 0.6 is 0 Å². The summed E-state index contributed by atoms with van der Waals surface area (Å²) in [4.78, 5) is 37.8. The standard InChI is InChI=1S/C27H30N2O6/c30-23(28-17-26(24(31)32)12-14-34-15-13-26)27(10-5-11-27)29-25(33)35-16-22-20-8-3-1-6-18(20)19-7-2-4-9-21(19)22/h1-4,6-9,22H,5,10-17H2,(H,28,30)(H,29,33)(H,31,32). The van der Waals surface area contributed by atoms with Gasteiger partial charge in [0, 0.05) is 25.7 Å². The number of carboxylic acid groups (broad SMARTS) is 1. The third-order valence-electron chi connectivity index (χ3n) is 7.82. The summed E-state index contributed by atoms with van der Waals surface area (Å²) in [5.41, 5.74) is 2.43. The van der Waals surface area contributed by atoms with Crippen molar-refractivity contribution >= 4 is 18.0 Å². The minimum absolute atomic E-state index is 0.0125. The van der Waals surface area contributed by atoms with Crippen molar-refractivity contribution in [2.75, 3.05) is 26.4 Å². The van der Waals surface area contributed by atoms with E-state index in [9.17, 15) is 19.5 Å². The molecule has 2 amide bonds. The lowest BCUT2D eigenvalue weighted by Crippen LogP contribution is -2.64. The second-order valence-electron chi connectivity index (χ2n) is 9.77. The zero-order valence-corrected chi connectivity index (χ0v) is 19.5. The summed E-state index contributed by atoms with van der Waals surface area (Å²) in [6.07, 6.45) is 1.83. The van der Waals surface area contributed by atoms with Gasteiger partial charge in [0.1, 0.15) is 12.1 Å². The number of hydrogen-bond acceptors (Lipinski definition) is 5. The number of carboxylic acids is 1. The molecule has 1 heterocycles. The van der Waals surface area contributed by atoms with Gasteiger partial charge in [0.25, 0.3) is 0 Å². The summed E-state index contributed by atoms with van der Waals surface area (Å²) >= 11 is 0. The normalized spacial score (nSPS) is 19.5. The van der Waals surface area contributed by atoms with Crippen LogP contribution in [0.15, 0.2) is 48.5 Å². The first-order valence-electron chi connectivity index (χ1n) is 12.2. The maximum atomic E-state index is 13.1. The van der Waals surface area contributed by atoms with Gasteiger partial charge in [0.05, 0.1) is 5.41 Å². The second kappa shape index (κ2) is 9.34. The van der Waals surface area contributed by atoms with Crippen LogP contribution in [0.25, 0.3) is 11.1 Å². The molecule has 1 aliphatic heterocycles. The summed E-state index contributed by atoms with van der Waals surface area (Å²) < 4.78 is 10.9. The van der Waals surface area contributed by atoms with E-state index in [1.165, 1.54) is 0 Å². The van der Waals surface area contributed by atoms with E-state index in [1.807, 2.05) is 24.3 Å². The summed E-state index contributed by atoms with van der Waals surface area (Å²) in [6, 6.07) is 16.2. The molecule has 0 unspecified atom stereocenters. The molecule has 2 aromatic rings. The molecule has 184 valence electrons. The lowest BCUT2D eigenvalue weighted by Gasteiger charge is -2.41. The van der Waals surface area contributed by atoms with E-state index in [4.69, 9.17) is 9.47 Å². The summed E-state index contributed by atoms with van der Waals surface area (Å²) in [7, 11) is 0. The smallest absolute Gasteiger partial charge is 0.408 e. The first-order chi connectivity index (χ1) is 16.9. The number of rotatable bonds is 7. The van der Waals surface area contributed by atoms with Crippen LogP contribution in [-0.4, -0.2) is 55.0 Å². The Hall–Kier alpha value is -3.39. The minimum Gasteiger partial charge on any atom is -0.481 e. The van der Waals surface area contributed by atoms with Gasteiger partial charge < -0.3 is 25.2 Å². The number of benzene rings is 2. The zero-order chi connectivity index (χ0) is 24.5. The third-order valence-corrected chi connectivity index (χ3v) is 7.82. The molecule has 35 heavy (non-hydrogen) atoms. The lowest BCUT2D eigenvalue weighted by atomic mass is 9.75. The number of amides is 2. The number of alkyl carbamates (subject to hydrolysis) is 1. The van der Waals surface area contributed by atoms with Crippen LogP contribution in [0.3, 0.4) is 0 Å². The highest BCUT2D eigenvalue weighted by molar-refractivity contribution is 5.91. The predicted octanol–water partition coefficient (Wildman–Crippen LogP) is 3.45. The van der Waals surface area contributed by atoms with Crippen LogP contribution in [-0.2, 0) is 19.1 Å². The maximum absolute atomic E-state index is 13.1. The molecule has 3 N–H and O–H groups in total. The van der Waals surface area contributed by atoms with Gasteiger partial charge in [-0.05, 0) is 54.4 Å². The summed E-state index contributed by atoms with van der Waals surface area (Å²) in [5.74, 6) is -1.36. The van der Waals surface area contributed by atoms with E-state index in [0.29, 0.717) is 38.9 Å². The number of ether oxygens (including phenoxy) is 2. The Morgan fingerprint density at radius 1 is 0.943 bits per heavy atom. The Balaban J connectivity index is 1.21. The number of nitrogens with one attached hydrogen (secondary N) is 2. The van der Waals surface area contributed by atoms with Gasteiger partial charge in [-0.2, -0.15) is 0 Å². The van der Waals surface area contributed by atoms with Crippen LogP contribution < -0.4 is 10.6 Å². The van der Waals surface area contributed by atoms with Crippen LogP contribution in [0.2, 0.25) is 0 Å². The van der Waals surface area contributed by atoms with Crippen LogP contribution in [0.4, 0.5) is 4.79 Å². The minimum atomic E-state index is -1.06. The fourth-order valence-electron chi connectivity index (χ4n) is 5.42. The fraction of sp³-hybridized carbons (Fsp3) is 0.444. The molecule has 3 aliphatic rings. The molecule has 0 aromatic heterocycles. The SMILES string of the molecule is O=C(NC1(C(=O)NCC2(C(=O)O)CCOCC2)CCC1)OCC1c2ccccc2-c2ccccc21. The molecule has 8 heteroatoms. The van der Waals surface area contributed by atoms with Gasteiger partial charge in [-0.1, -0.05) is 48.5 Å². The van der Waals surface area contributed by atoms with Crippen molar-refractivity contribution in [3.05, 3.63) is 59.7 Å². The van der Waals surface area contributed by atoms with E-state index in [0.717, 1.165) is 28.7 Å². The Bertz CT molecular complexity index is 1090. The fourth-order valence-corrected chi connectivity index (χ4v) is 5.42. The van der Waals surface area contributed by atoms with Crippen molar-refractivity contribution in [3.8, 4) is 11.1 Å². The Morgan fingerprint density at radius 3 is 2.09 bits per heavy atom. The first-order valence-corrected chi connectivity index (χ1v) is 12.2. The van der Waals surface area contributed by atoms with Crippen molar-refractivity contribution in [2.24, 2.45) is 5.41 Å². The zero-order valence-electron chi connectivity index (χ0n) is 19.5. The highest BCUT2D eigenvalue weighted by Gasteiger charge is 2.48. The average molecular weight is 479 g/mol. The highest BCUT2D eigenvalue weighted by Crippen LogP contribution is 2.44. The van der Waals surface area contributed by atoms with E-state index >= 15 is 0 Å². The highest BCUT2D eigenvalue weighted by atomic mass is 16.5. The van der Waals surface area contributed by atoms with Gasteiger partial charge in [-0.3, -0.25) is 9.59 Å². The number of hydrogen-bond donors (Lipinski definition) is 3. The number of carbonyl (C=O) groups excluding carboxylic acids is 2. The topological polar surface area (TPSA) is 114 Å². The van der Waals surface area contributed by atoms with E-state index in [-0.39, 0.29) is 25.0 Å². The quantitative estimate of drug-likeness (QED) is 0.562. The molecule has 0 bridgehead atoms. The number of aliphatic carboxylic acids is 1. The third kappa shape index (κ3) is 4.27. The molecular weight excluding hydrogens is 448 g/mol. The van der Waals surface area contributed by atoms with E-state index in [2.05, 4.69) is 34.9 Å². The molecule has 0 spiro atoms. The molecule has 1 saturated carbocycles. The molecule has 2 fully saturated rings. The van der Waals surface area contributed by atoms with Gasteiger partial charge in [0.2, 0.25) is 5.91 Å². The maximum Gasteiger partial charge on any atom is 0.408 e. The van der Waals surface area contributed by atoms with Crippen LogP contribution in [0.5, 0.6) is 0 Å². The molecule has 0 radical (unpaired) electrons. The Labute approximate surface area is 204 Å². The average Bonchev–Trinajstić information content (AvgIpc) is 3.17. The van der Waals surface area contributed by atoms with Gasteiger partial charge in [-0.15, -0.1) is 0 Å². The first kappa shape index (κ1) is 23.4. The summed E-state index contributed by atoms with van der Waals surface area (Å²) in [6.45, 7) is 0.884. The number of fused-ring (bicyclic) bond motifs is 3. The molecule has 0 atom stereocenters. The Morgan fingerprint density at radius 2 is 1.54 bits per heavy atom. The number of carbonyl (C=O) groups is 3. The molecule has 8 nitrogen and oxygen atoms in total. The molecular formula is C27H30N2O6. The van der Waals surface area contributed by atoms with E-state index < -0.39 is 23.0 Å². The van der Waals surface area contributed by atoms with Crippen molar-refractivity contribution < 1.29 is 29.0 Å². The van der Waals surface area contributed by atoms with Crippen molar-refractivity contribution in [3.63, 3.8) is 0 Å². The second-order valence-corrected chi connectivity index (χ2v) is 9.77.